The number of carbonyl (C=O) groups is 2. The van der Waals surface area contributed by atoms with Crippen LogP contribution >= 0.6 is 23.2 Å². The minimum absolute atomic E-state index is 0.0184. The van der Waals surface area contributed by atoms with Crippen LogP contribution in [0.25, 0.3) is 0 Å². The highest BCUT2D eigenvalue weighted by molar-refractivity contribution is 6.34. The van der Waals surface area contributed by atoms with Crippen LogP contribution in [-0.4, -0.2) is 21.8 Å². The number of pyridine rings is 1. The number of hydrogen-bond acceptors (Lipinski definition) is 3. The summed E-state index contributed by atoms with van der Waals surface area (Å²) < 4.78 is 0. The lowest BCUT2D eigenvalue weighted by Gasteiger charge is -2.22. The summed E-state index contributed by atoms with van der Waals surface area (Å²) in [6.45, 7) is 0.0184. The smallest absolute Gasteiger partial charge is 0.319 e. The maximum absolute atomic E-state index is 13.0. The summed E-state index contributed by atoms with van der Waals surface area (Å²) in [6.07, 6.45) is 2.77. The van der Waals surface area contributed by atoms with E-state index in [1.807, 2.05) is 24.3 Å². The second-order valence-electron chi connectivity index (χ2n) is 5.97. The number of nitrogens with one attached hydrogen (secondary N) is 1. The number of rotatable bonds is 2. The van der Waals surface area contributed by atoms with Crippen LogP contribution in [0.15, 0.2) is 36.5 Å². The predicted molar refractivity (Wildman–Crippen MR) is 89.8 cm³/mol. The highest BCUT2D eigenvalue weighted by Gasteiger charge is 2.55. The maximum Gasteiger partial charge on any atom is 0.325 e. The Morgan fingerprint density at radius 3 is 2.83 bits per heavy atom. The molecule has 24 heavy (non-hydrogen) atoms. The van der Waals surface area contributed by atoms with Gasteiger partial charge in [0.05, 0.1) is 22.3 Å². The molecule has 1 unspecified atom stereocenters. The minimum Gasteiger partial charge on any atom is -0.319 e. The lowest BCUT2D eigenvalue weighted by Crippen LogP contribution is -2.41. The number of fused-ring (bicyclic) bond motifs is 2. The van der Waals surface area contributed by atoms with Crippen molar-refractivity contribution in [2.45, 2.75) is 24.9 Å². The lowest BCUT2D eigenvalue weighted by molar-refractivity contribution is -0.132. The van der Waals surface area contributed by atoms with Gasteiger partial charge in [0.2, 0.25) is 0 Å². The fraction of sp³-hybridized carbons (Fsp3) is 0.235. The number of hydrogen-bond donors (Lipinski definition) is 1. The Kier molecular flexibility index (Phi) is 3.51. The third kappa shape index (κ3) is 2.19. The van der Waals surface area contributed by atoms with E-state index in [1.165, 1.54) is 11.1 Å². The first-order valence-electron chi connectivity index (χ1n) is 7.54. The molecular formula is C17H13Cl2N3O2. The van der Waals surface area contributed by atoms with Gasteiger partial charge in [-0.2, -0.15) is 0 Å². The van der Waals surface area contributed by atoms with E-state index in [1.54, 1.807) is 6.07 Å². The minimum atomic E-state index is -0.966. The van der Waals surface area contributed by atoms with Crippen LogP contribution in [0.3, 0.4) is 0 Å². The molecule has 1 aromatic heterocycles. The fourth-order valence-electron chi connectivity index (χ4n) is 3.44. The number of carbonyl (C=O) groups excluding carboxylic acids is 2. The number of amides is 3. The predicted octanol–water partition coefficient (Wildman–Crippen LogP) is 3.28. The summed E-state index contributed by atoms with van der Waals surface area (Å²) in [5.41, 5.74) is 1.44. The number of halogens is 2. The normalized spacial score (nSPS) is 22.2. The van der Waals surface area contributed by atoms with Gasteiger partial charge >= 0.3 is 6.03 Å². The van der Waals surface area contributed by atoms with Crippen molar-refractivity contribution in [2.75, 3.05) is 0 Å². The molecule has 2 aromatic rings. The van der Waals surface area contributed by atoms with Gasteiger partial charge in [0, 0.05) is 6.20 Å². The second kappa shape index (κ2) is 5.46. The summed E-state index contributed by atoms with van der Waals surface area (Å²) >= 11 is 12.0. The summed E-state index contributed by atoms with van der Waals surface area (Å²) in [6, 6.07) is 8.83. The highest BCUT2D eigenvalue weighted by Crippen LogP contribution is 2.41. The third-order valence-corrected chi connectivity index (χ3v) is 5.15. The van der Waals surface area contributed by atoms with E-state index < -0.39 is 11.6 Å². The molecule has 122 valence electrons. The van der Waals surface area contributed by atoms with Crippen molar-refractivity contribution in [3.8, 4) is 0 Å². The Morgan fingerprint density at radius 1 is 1.25 bits per heavy atom. The molecule has 7 heteroatoms. The summed E-state index contributed by atoms with van der Waals surface area (Å²) in [7, 11) is 0. The quantitative estimate of drug-likeness (QED) is 0.834. The van der Waals surface area contributed by atoms with E-state index in [4.69, 9.17) is 23.2 Å². The molecule has 1 saturated heterocycles. The number of imide groups is 1. The molecule has 1 atom stereocenters. The van der Waals surface area contributed by atoms with E-state index in [0.717, 1.165) is 17.5 Å². The molecule has 0 bridgehead atoms. The molecule has 1 aliphatic heterocycles. The maximum atomic E-state index is 13.0. The topological polar surface area (TPSA) is 62.3 Å². The van der Waals surface area contributed by atoms with E-state index in [0.29, 0.717) is 22.2 Å². The third-order valence-electron chi connectivity index (χ3n) is 4.61. The van der Waals surface area contributed by atoms with Crippen molar-refractivity contribution < 1.29 is 9.59 Å². The van der Waals surface area contributed by atoms with Gasteiger partial charge in [-0.3, -0.25) is 14.7 Å². The van der Waals surface area contributed by atoms with Gasteiger partial charge in [-0.25, -0.2) is 4.79 Å². The molecular weight excluding hydrogens is 349 g/mol. The van der Waals surface area contributed by atoms with Gasteiger partial charge in [0.15, 0.2) is 0 Å². The molecule has 0 saturated carbocycles. The summed E-state index contributed by atoms with van der Waals surface area (Å²) in [5.74, 6) is -0.259. The average molecular weight is 362 g/mol. The SMILES string of the molecule is O=C1NC2(CCc3ccccc32)C(=O)N1Cc1ncc(Cl)cc1Cl. The van der Waals surface area contributed by atoms with E-state index in [-0.39, 0.29) is 12.5 Å². The highest BCUT2D eigenvalue weighted by atomic mass is 35.5. The van der Waals surface area contributed by atoms with Crippen LogP contribution in [0.4, 0.5) is 4.79 Å². The average Bonchev–Trinajstić information content (AvgIpc) is 3.04. The first kappa shape index (κ1) is 15.4. The van der Waals surface area contributed by atoms with Crippen molar-refractivity contribution >= 4 is 35.1 Å². The zero-order valence-electron chi connectivity index (χ0n) is 12.6. The second-order valence-corrected chi connectivity index (χ2v) is 6.81. The van der Waals surface area contributed by atoms with Crippen LogP contribution in [0.2, 0.25) is 10.0 Å². The summed E-state index contributed by atoms with van der Waals surface area (Å²) in [5, 5.41) is 3.61. The van der Waals surface area contributed by atoms with Gasteiger partial charge in [-0.15, -0.1) is 0 Å². The van der Waals surface area contributed by atoms with Gasteiger partial charge in [0.25, 0.3) is 5.91 Å². The molecule has 1 aliphatic carbocycles. The van der Waals surface area contributed by atoms with Crippen molar-refractivity contribution in [2.24, 2.45) is 0 Å². The Balaban J connectivity index is 1.68. The first-order valence-corrected chi connectivity index (χ1v) is 8.29. The van der Waals surface area contributed by atoms with Crippen molar-refractivity contribution in [3.05, 3.63) is 63.4 Å². The summed E-state index contributed by atoms with van der Waals surface area (Å²) in [4.78, 5) is 30.8. The van der Waals surface area contributed by atoms with E-state index in [2.05, 4.69) is 10.3 Å². The Labute approximate surface area is 148 Å². The molecule has 2 heterocycles. The molecule has 2 aliphatic rings. The number of urea groups is 1. The number of nitrogens with zero attached hydrogens (tertiary/aromatic N) is 2. The Morgan fingerprint density at radius 2 is 2.04 bits per heavy atom. The van der Waals surface area contributed by atoms with Crippen molar-refractivity contribution in [1.29, 1.82) is 0 Å². The zero-order chi connectivity index (χ0) is 16.9. The first-order chi connectivity index (χ1) is 11.5. The van der Waals surface area contributed by atoms with E-state index >= 15 is 0 Å². The van der Waals surface area contributed by atoms with Crippen LogP contribution < -0.4 is 5.32 Å². The fourth-order valence-corrected chi connectivity index (χ4v) is 3.88. The monoisotopic (exact) mass is 361 g/mol. The molecule has 1 aromatic carbocycles. The Hall–Kier alpha value is -2.11. The molecule has 1 spiro atoms. The van der Waals surface area contributed by atoms with Crippen LogP contribution in [0.5, 0.6) is 0 Å². The van der Waals surface area contributed by atoms with Crippen LogP contribution in [-0.2, 0) is 23.3 Å². The van der Waals surface area contributed by atoms with E-state index in [9.17, 15) is 9.59 Å². The number of aryl methyl sites for hydroxylation is 1. The molecule has 1 fully saturated rings. The molecule has 1 N–H and O–H groups in total. The Bertz CT molecular complexity index is 871. The van der Waals surface area contributed by atoms with Gasteiger partial charge in [0.1, 0.15) is 5.54 Å². The number of aromatic nitrogens is 1. The van der Waals surface area contributed by atoms with Gasteiger partial charge < -0.3 is 5.32 Å². The van der Waals surface area contributed by atoms with Crippen LogP contribution in [0.1, 0.15) is 23.2 Å². The standard InChI is InChI=1S/C17H13Cl2N3O2/c18-11-7-13(19)14(20-8-11)9-22-15(23)17(21-16(22)24)6-5-10-3-1-2-4-12(10)17/h1-4,7-8H,5-6,9H2,(H,21,24). The lowest BCUT2D eigenvalue weighted by atomic mass is 9.92. The molecule has 0 radical (unpaired) electrons. The zero-order valence-corrected chi connectivity index (χ0v) is 14.1. The van der Waals surface area contributed by atoms with Crippen molar-refractivity contribution in [3.63, 3.8) is 0 Å². The van der Waals surface area contributed by atoms with Gasteiger partial charge in [-0.1, -0.05) is 47.5 Å². The van der Waals surface area contributed by atoms with Crippen LogP contribution in [0, 0.1) is 0 Å². The molecule has 5 nitrogen and oxygen atoms in total. The largest absolute Gasteiger partial charge is 0.325 e. The van der Waals surface area contributed by atoms with Gasteiger partial charge in [-0.05, 0) is 30.0 Å². The molecule has 3 amide bonds. The van der Waals surface area contributed by atoms with Crippen molar-refractivity contribution in [1.82, 2.24) is 15.2 Å². The molecule has 4 rings (SSSR count). The number of benzene rings is 1.